The lowest BCUT2D eigenvalue weighted by molar-refractivity contribution is 0.0589. The van der Waals surface area contributed by atoms with Gasteiger partial charge in [-0.1, -0.05) is 6.07 Å². The average Bonchev–Trinajstić information content (AvgIpc) is 3.50. The Hall–Kier alpha value is -4.50. The van der Waals surface area contributed by atoms with E-state index in [0.717, 1.165) is 42.6 Å². The van der Waals surface area contributed by atoms with Crippen molar-refractivity contribution in [3.63, 3.8) is 0 Å². The fourth-order valence-corrected chi connectivity index (χ4v) is 6.02. The van der Waals surface area contributed by atoms with Gasteiger partial charge in [-0.15, -0.1) is 11.3 Å². The molecule has 11 nitrogen and oxygen atoms in total. The summed E-state index contributed by atoms with van der Waals surface area (Å²) in [5.41, 5.74) is -1.39. The Bertz CT molecular complexity index is 1710. The van der Waals surface area contributed by atoms with E-state index in [4.69, 9.17) is 4.74 Å². The van der Waals surface area contributed by atoms with Crippen LogP contribution in [0, 0.1) is 11.6 Å². The molecule has 0 saturated carbocycles. The van der Waals surface area contributed by atoms with E-state index < -0.39 is 55.8 Å². The van der Waals surface area contributed by atoms with Crippen LogP contribution in [-0.4, -0.2) is 49.7 Å². The number of anilines is 2. The molecule has 4 aromatic rings. The van der Waals surface area contributed by atoms with Crippen LogP contribution in [-0.2, 0) is 14.8 Å². The summed E-state index contributed by atoms with van der Waals surface area (Å²) in [4.78, 5) is 35.2. The Kier molecular flexibility index (Phi) is 7.06. The maximum Gasteiger partial charge on any atom is 0.349 e. The summed E-state index contributed by atoms with van der Waals surface area (Å²) in [6.07, 6.45) is 1.12. The van der Waals surface area contributed by atoms with E-state index in [1.165, 1.54) is 23.6 Å². The zero-order chi connectivity index (χ0) is 27.8. The fourth-order valence-electron chi connectivity index (χ4n) is 3.59. The highest BCUT2D eigenvalue weighted by atomic mass is 32.2. The number of carboxylic acids is 1. The topological polar surface area (TPSA) is 153 Å². The molecule has 0 aliphatic rings. The van der Waals surface area contributed by atoms with Crippen molar-refractivity contribution in [2.75, 3.05) is 24.9 Å². The second kappa shape index (κ2) is 10.1. The van der Waals surface area contributed by atoms with Gasteiger partial charge in [0.2, 0.25) is 0 Å². The Labute approximate surface area is 217 Å². The first kappa shape index (κ1) is 26.6. The molecule has 198 valence electrons. The lowest BCUT2D eigenvalue weighted by atomic mass is 10.2. The van der Waals surface area contributed by atoms with Crippen molar-refractivity contribution < 1.29 is 46.2 Å². The second-order valence-corrected chi connectivity index (χ2v) is 10.2. The van der Waals surface area contributed by atoms with Crippen LogP contribution in [0.2, 0.25) is 0 Å². The van der Waals surface area contributed by atoms with Crippen LogP contribution >= 0.6 is 11.3 Å². The number of ether oxygens (including phenoxy) is 2. The smallest absolute Gasteiger partial charge is 0.349 e. The van der Waals surface area contributed by atoms with E-state index in [0.29, 0.717) is 11.3 Å². The predicted octanol–water partition coefficient (Wildman–Crippen LogP) is 4.36. The van der Waals surface area contributed by atoms with Crippen molar-refractivity contribution in [2.45, 2.75) is 4.90 Å². The van der Waals surface area contributed by atoms with Crippen molar-refractivity contribution in [3.05, 3.63) is 70.1 Å². The summed E-state index contributed by atoms with van der Waals surface area (Å²) in [5.74, 6) is -4.57. The van der Waals surface area contributed by atoms with Gasteiger partial charge in [-0.05, 0) is 24.3 Å². The molecule has 15 heteroatoms. The number of hydrogen-bond acceptors (Lipinski definition) is 8. The minimum Gasteiger partial charge on any atom is -0.495 e. The maximum atomic E-state index is 14.8. The highest BCUT2D eigenvalue weighted by Crippen LogP contribution is 2.34. The van der Waals surface area contributed by atoms with Crippen LogP contribution in [0.4, 0.5) is 25.0 Å². The number of carbonyl (C=O) groups is 3. The van der Waals surface area contributed by atoms with Crippen molar-refractivity contribution in [1.82, 2.24) is 3.97 Å². The number of fused-ring (bicyclic) bond motifs is 1. The van der Waals surface area contributed by atoms with E-state index in [2.05, 4.69) is 15.4 Å². The molecule has 0 spiro atoms. The maximum absolute atomic E-state index is 14.8. The number of nitrogens with zero attached hydrogens (tertiary/aromatic N) is 1. The Morgan fingerprint density at radius 2 is 1.74 bits per heavy atom. The minimum absolute atomic E-state index is 0.0173. The molecule has 0 aliphatic carbocycles. The number of methoxy groups -OCH3 is 2. The zero-order valence-corrected chi connectivity index (χ0v) is 21.1. The minimum atomic E-state index is -4.48. The largest absolute Gasteiger partial charge is 0.495 e. The van der Waals surface area contributed by atoms with Gasteiger partial charge in [-0.2, -0.15) is 0 Å². The van der Waals surface area contributed by atoms with Crippen LogP contribution in [0.5, 0.6) is 5.75 Å². The number of esters is 1. The molecule has 2 aromatic heterocycles. The number of hydrogen-bond donors (Lipinski definition) is 3. The third-order valence-electron chi connectivity index (χ3n) is 5.31. The van der Waals surface area contributed by atoms with E-state index in [-0.39, 0.29) is 27.2 Å². The second-order valence-electron chi connectivity index (χ2n) is 7.50. The SMILES string of the molecule is COC(=O)c1scc(NC(=O)Nc2cc(S(=O)(=O)n3ccc4c(F)cccc43)c(OC)cc2F)c1C(=O)O. The summed E-state index contributed by atoms with van der Waals surface area (Å²) in [7, 11) is -2.31. The van der Waals surface area contributed by atoms with Crippen molar-refractivity contribution in [1.29, 1.82) is 0 Å². The first-order valence-electron chi connectivity index (χ1n) is 10.4. The van der Waals surface area contributed by atoms with Gasteiger partial charge in [-0.3, -0.25) is 0 Å². The van der Waals surface area contributed by atoms with Gasteiger partial charge in [0.15, 0.2) is 5.82 Å². The molecule has 2 aromatic carbocycles. The third kappa shape index (κ3) is 4.64. The van der Waals surface area contributed by atoms with Gasteiger partial charge in [0.1, 0.15) is 26.9 Å². The molecule has 0 atom stereocenters. The number of aromatic nitrogens is 1. The van der Waals surface area contributed by atoms with E-state index in [9.17, 15) is 36.7 Å². The number of benzene rings is 2. The quantitative estimate of drug-likeness (QED) is 0.280. The number of halogens is 2. The molecule has 3 N–H and O–H groups in total. The van der Waals surface area contributed by atoms with Crippen molar-refractivity contribution in [2.24, 2.45) is 0 Å². The molecule has 0 aliphatic heterocycles. The number of amides is 2. The number of carboxylic acid groups (broad SMARTS) is 1. The molecule has 4 rings (SSSR count). The zero-order valence-electron chi connectivity index (χ0n) is 19.4. The summed E-state index contributed by atoms with van der Waals surface area (Å²) in [6, 6.07) is 5.52. The molecule has 0 fully saturated rings. The fraction of sp³-hybridized carbons (Fsp3) is 0.0870. The third-order valence-corrected chi connectivity index (χ3v) is 7.98. The summed E-state index contributed by atoms with van der Waals surface area (Å²) in [5, 5.41) is 15.0. The van der Waals surface area contributed by atoms with Crippen LogP contribution in [0.3, 0.4) is 0 Å². The molecule has 2 amide bonds. The van der Waals surface area contributed by atoms with Gasteiger partial charge in [-0.25, -0.2) is 35.6 Å². The van der Waals surface area contributed by atoms with Crippen molar-refractivity contribution >= 4 is 61.6 Å². The molecular formula is C23H17F2N3O8S2. The number of urea groups is 1. The number of carbonyl (C=O) groups excluding carboxylic acids is 2. The molecule has 0 bridgehead atoms. The Morgan fingerprint density at radius 3 is 2.39 bits per heavy atom. The first-order chi connectivity index (χ1) is 18.0. The number of nitrogens with one attached hydrogen (secondary N) is 2. The van der Waals surface area contributed by atoms with Gasteiger partial charge in [0.25, 0.3) is 10.0 Å². The lowest BCUT2D eigenvalue weighted by Crippen LogP contribution is -2.22. The first-order valence-corrected chi connectivity index (χ1v) is 12.7. The van der Waals surface area contributed by atoms with E-state index in [1.807, 2.05) is 0 Å². The van der Waals surface area contributed by atoms with Crippen LogP contribution in [0.25, 0.3) is 10.9 Å². The highest BCUT2D eigenvalue weighted by molar-refractivity contribution is 7.90. The lowest BCUT2D eigenvalue weighted by Gasteiger charge is -2.15. The van der Waals surface area contributed by atoms with Crippen LogP contribution in [0.15, 0.2) is 52.9 Å². The van der Waals surface area contributed by atoms with Gasteiger partial charge < -0.3 is 25.2 Å². The average molecular weight is 566 g/mol. The van der Waals surface area contributed by atoms with E-state index in [1.54, 1.807) is 0 Å². The summed E-state index contributed by atoms with van der Waals surface area (Å²) >= 11 is 0.702. The Balaban J connectivity index is 1.70. The molecular weight excluding hydrogens is 548 g/mol. The normalized spacial score (nSPS) is 11.3. The Morgan fingerprint density at radius 1 is 1.03 bits per heavy atom. The highest BCUT2D eigenvalue weighted by Gasteiger charge is 2.28. The predicted molar refractivity (Wildman–Crippen MR) is 133 cm³/mol. The van der Waals surface area contributed by atoms with Crippen molar-refractivity contribution in [3.8, 4) is 5.75 Å². The monoisotopic (exact) mass is 565 g/mol. The van der Waals surface area contributed by atoms with Crippen LogP contribution in [0.1, 0.15) is 20.0 Å². The van der Waals surface area contributed by atoms with Gasteiger partial charge >= 0.3 is 18.0 Å². The number of aromatic carboxylic acids is 1. The van der Waals surface area contributed by atoms with Gasteiger partial charge in [0.05, 0.1) is 31.1 Å². The molecule has 0 saturated heterocycles. The van der Waals surface area contributed by atoms with Gasteiger partial charge in [0, 0.05) is 23.0 Å². The van der Waals surface area contributed by atoms with Crippen LogP contribution < -0.4 is 15.4 Å². The molecule has 38 heavy (non-hydrogen) atoms. The summed E-state index contributed by atoms with van der Waals surface area (Å²) < 4.78 is 66.2. The molecule has 2 heterocycles. The number of thiophene rings is 1. The van der Waals surface area contributed by atoms with E-state index >= 15 is 0 Å². The molecule has 0 unspecified atom stereocenters. The standard InChI is InChI=1S/C23H17F2N3O8S2/c1-35-17-8-13(25)14(26-23(32)27-15-10-37-20(22(31)36-2)19(15)21(29)30)9-18(17)38(33,34)28-7-6-11-12(24)4-3-5-16(11)28/h3-10H,1-2H3,(H,29,30)(H2,26,27,32). The molecule has 0 radical (unpaired) electrons. The number of rotatable bonds is 7. The summed E-state index contributed by atoms with van der Waals surface area (Å²) in [6.45, 7) is 0.